The first-order valence-electron chi connectivity index (χ1n) is 15.4. The van der Waals surface area contributed by atoms with E-state index < -0.39 is 0 Å². The highest BCUT2D eigenvalue weighted by molar-refractivity contribution is 6.09. The topological polar surface area (TPSA) is 59.7 Å². The van der Waals surface area contributed by atoms with Gasteiger partial charge in [0.15, 0.2) is 0 Å². The van der Waals surface area contributed by atoms with E-state index >= 15 is 0 Å². The third kappa shape index (κ3) is 5.89. The molecule has 0 atom stereocenters. The number of hydrogen-bond donors (Lipinski definition) is 2. The van der Waals surface area contributed by atoms with Crippen LogP contribution < -0.4 is 10.6 Å². The Balaban J connectivity index is 0.00000353. The van der Waals surface area contributed by atoms with Gasteiger partial charge >= 0.3 is 0 Å². The van der Waals surface area contributed by atoms with Crippen LogP contribution in [0.25, 0.3) is 43.6 Å². The van der Waals surface area contributed by atoms with Crippen LogP contribution >= 0.6 is 12.4 Å². The van der Waals surface area contributed by atoms with Crippen LogP contribution in [0.15, 0.2) is 73.1 Å². The summed E-state index contributed by atoms with van der Waals surface area (Å²) in [4.78, 5) is 9.62. The molecule has 220 valence electrons. The molecule has 0 unspecified atom stereocenters. The van der Waals surface area contributed by atoms with Crippen LogP contribution in [0.2, 0.25) is 0 Å². The Kier molecular flexibility index (Phi) is 10.1. The van der Waals surface area contributed by atoms with Crippen LogP contribution in [0.4, 0.5) is 0 Å². The van der Waals surface area contributed by atoms with Crippen LogP contribution in [-0.4, -0.2) is 32.2 Å². The van der Waals surface area contributed by atoms with Gasteiger partial charge in [0.05, 0.1) is 22.4 Å². The molecule has 4 heterocycles. The van der Waals surface area contributed by atoms with E-state index in [1.54, 1.807) is 0 Å². The van der Waals surface area contributed by atoms with Crippen molar-refractivity contribution in [2.45, 2.75) is 72.1 Å². The van der Waals surface area contributed by atoms with E-state index in [4.69, 9.17) is 9.97 Å². The maximum Gasteiger partial charge on any atom is 0.0784 e. The lowest BCUT2D eigenvalue weighted by atomic mass is 10.1. The summed E-state index contributed by atoms with van der Waals surface area (Å²) in [5, 5.41) is 12.6. The zero-order valence-corrected chi connectivity index (χ0v) is 25.7. The van der Waals surface area contributed by atoms with Crippen molar-refractivity contribution in [3.05, 3.63) is 84.4 Å². The number of nitrogens with one attached hydrogen (secondary N) is 2. The SMILES string of the molecule is CCCCn1c2ccccc2c2ccnc(CNCCCNCc3nccc4c5ccccc5n(CCCC)c34)c21.Cl. The van der Waals surface area contributed by atoms with Crippen LogP contribution in [0, 0.1) is 0 Å². The number of aromatic nitrogens is 4. The Morgan fingerprint density at radius 1 is 0.571 bits per heavy atom. The number of para-hydroxylation sites is 2. The summed E-state index contributed by atoms with van der Waals surface area (Å²) in [6.07, 6.45) is 9.67. The first-order valence-corrected chi connectivity index (χ1v) is 15.4. The molecule has 2 aromatic carbocycles. The molecule has 2 N–H and O–H groups in total. The normalized spacial score (nSPS) is 11.7. The van der Waals surface area contributed by atoms with E-state index in [2.05, 4.69) is 94.3 Å². The van der Waals surface area contributed by atoms with Crippen LogP contribution in [-0.2, 0) is 26.2 Å². The first-order chi connectivity index (χ1) is 20.3. The number of fused-ring (bicyclic) bond motifs is 6. The third-order valence-electron chi connectivity index (χ3n) is 8.27. The number of hydrogen-bond acceptors (Lipinski definition) is 4. The van der Waals surface area contributed by atoms with Crippen molar-refractivity contribution in [3.8, 4) is 0 Å². The van der Waals surface area contributed by atoms with Gasteiger partial charge in [-0.2, -0.15) is 0 Å². The molecule has 6 rings (SSSR count). The van der Waals surface area contributed by atoms with Gasteiger partial charge in [-0.1, -0.05) is 63.1 Å². The van der Waals surface area contributed by atoms with Gasteiger partial charge in [0.25, 0.3) is 0 Å². The predicted molar refractivity (Wildman–Crippen MR) is 180 cm³/mol. The average Bonchev–Trinajstić information content (AvgIpc) is 3.52. The minimum absolute atomic E-state index is 0. The van der Waals surface area contributed by atoms with Gasteiger partial charge in [-0.3, -0.25) is 9.97 Å². The molecule has 42 heavy (non-hydrogen) atoms. The second-order valence-electron chi connectivity index (χ2n) is 11.1. The van der Waals surface area contributed by atoms with E-state index in [-0.39, 0.29) is 12.4 Å². The summed E-state index contributed by atoms with van der Waals surface area (Å²) in [5.74, 6) is 0. The fraction of sp³-hybridized carbons (Fsp3) is 0.371. The smallest absolute Gasteiger partial charge is 0.0784 e. The summed E-state index contributed by atoms with van der Waals surface area (Å²) in [6, 6.07) is 21.9. The molecular formula is C35H43ClN6. The van der Waals surface area contributed by atoms with Crippen molar-refractivity contribution in [2.75, 3.05) is 13.1 Å². The highest BCUT2D eigenvalue weighted by atomic mass is 35.5. The number of pyridine rings is 2. The minimum Gasteiger partial charge on any atom is -0.339 e. The third-order valence-corrected chi connectivity index (χ3v) is 8.27. The molecule has 6 aromatic rings. The lowest BCUT2D eigenvalue weighted by Crippen LogP contribution is -2.22. The Morgan fingerprint density at radius 2 is 1.02 bits per heavy atom. The van der Waals surface area contributed by atoms with E-state index in [1.165, 1.54) is 69.3 Å². The van der Waals surface area contributed by atoms with Crippen molar-refractivity contribution in [1.82, 2.24) is 29.7 Å². The Hall–Kier alpha value is -3.45. The molecule has 0 aliphatic rings. The standard InChI is InChI=1S/C35H42N6.ClH/c1-3-5-22-40-32-14-9-7-12-26(32)28-16-20-38-30(34(28)40)24-36-18-11-19-37-25-31-35-29(17-21-39-31)27-13-8-10-15-33(27)41(35)23-6-4-2;/h7-10,12-17,20-21,36-37H,3-6,11,18-19,22-25H2,1-2H3;1H. The largest absolute Gasteiger partial charge is 0.339 e. The average molecular weight is 583 g/mol. The van der Waals surface area contributed by atoms with Crippen molar-refractivity contribution >= 4 is 56.0 Å². The molecule has 0 amide bonds. The summed E-state index contributed by atoms with van der Waals surface area (Å²) in [6.45, 7) is 10.00. The molecule has 0 saturated heterocycles. The quantitative estimate of drug-likeness (QED) is 0.128. The molecule has 4 aromatic heterocycles. The zero-order chi connectivity index (χ0) is 28.0. The number of rotatable bonds is 14. The summed E-state index contributed by atoms with van der Waals surface area (Å²) in [7, 11) is 0. The van der Waals surface area contributed by atoms with E-state index in [0.29, 0.717) is 0 Å². The summed E-state index contributed by atoms with van der Waals surface area (Å²) < 4.78 is 4.96. The van der Waals surface area contributed by atoms with E-state index in [1.807, 2.05) is 12.4 Å². The number of benzene rings is 2. The highest BCUT2D eigenvalue weighted by Gasteiger charge is 2.15. The van der Waals surface area contributed by atoms with Gasteiger partial charge in [0.1, 0.15) is 0 Å². The number of aryl methyl sites for hydroxylation is 2. The van der Waals surface area contributed by atoms with E-state index in [0.717, 1.165) is 57.1 Å². The van der Waals surface area contributed by atoms with Gasteiger partial charge in [-0.15, -0.1) is 12.4 Å². The molecular weight excluding hydrogens is 540 g/mol. The second-order valence-corrected chi connectivity index (χ2v) is 11.1. The lowest BCUT2D eigenvalue weighted by Gasteiger charge is -2.12. The predicted octanol–water partition coefficient (Wildman–Crippen LogP) is 7.98. The molecule has 0 bridgehead atoms. The van der Waals surface area contributed by atoms with Crippen molar-refractivity contribution in [1.29, 1.82) is 0 Å². The molecule has 0 aliphatic heterocycles. The molecule has 0 spiro atoms. The molecule has 7 heteroatoms. The number of nitrogens with zero attached hydrogens (tertiary/aromatic N) is 4. The number of unbranched alkanes of at least 4 members (excludes halogenated alkanes) is 2. The second kappa shape index (κ2) is 14.1. The molecule has 0 saturated carbocycles. The van der Waals surface area contributed by atoms with Crippen LogP contribution in [0.5, 0.6) is 0 Å². The van der Waals surface area contributed by atoms with Crippen molar-refractivity contribution < 1.29 is 0 Å². The maximum absolute atomic E-state index is 4.81. The molecule has 0 aliphatic carbocycles. The molecule has 0 radical (unpaired) electrons. The Labute approximate surface area is 254 Å². The number of halogens is 1. The monoisotopic (exact) mass is 582 g/mol. The van der Waals surface area contributed by atoms with Crippen LogP contribution in [0.1, 0.15) is 57.3 Å². The van der Waals surface area contributed by atoms with Crippen LogP contribution in [0.3, 0.4) is 0 Å². The minimum atomic E-state index is 0. The Bertz CT molecular complexity index is 1640. The summed E-state index contributed by atoms with van der Waals surface area (Å²) >= 11 is 0. The zero-order valence-electron chi connectivity index (χ0n) is 24.9. The maximum atomic E-state index is 4.81. The van der Waals surface area contributed by atoms with Crippen molar-refractivity contribution in [3.63, 3.8) is 0 Å². The highest BCUT2D eigenvalue weighted by Crippen LogP contribution is 2.32. The van der Waals surface area contributed by atoms with Crippen molar-refractivity contribution in [2.24, 2.45) is 0 Å². The fourth-order valence-electron chi connectivity index (χ4n) is 6.25. The Morgan fingerprint density at radius 3 is 1.48 bits per heavy atom. The lowest BCUT2D eigenvalue weighted by molar-refractivity contribution is 0.586. The van der Waals surface area contributed by atoms with Gasteiger partial charge in [0.2, 0.25) is 0 Å². The van der Waals surface area contributed by atoms with Gasteiger partial charge in [-0.25, -0.2) is 0 Å². The molecule has 0 fully saturated rings. The van der Waals surface area contributed by atoms with Gasteiger partial charge < -0.3 is 19.8 Å². The first kappa shape index (κ1) is 30.0. The van der Waals surface area contributed by atoms with Gasteiger partial charge in [-0.05, 0) is 56.6 Å². The molecule has 6 nitrogen and oxygen atoms in total. The van der Waals surface area contributed by atoms with Gasteiger partial charge in [0, 0.05) is 71.2 Å². The fourth-order valence-corrected chi connectivity index (χ4v) is 6.25. The van der Waals surface area contributed by atoms with E-state index in [9.17, 15) is 0 Å². The summed E-state index contributed by atoms with van der Waals surface area (Å²) in [5.41, 5.74) is 7.46.